The lowest BCUT2D eigenvalue weighted by Crippen LogP contribution is -2.37. The summed E-state index contributed by atoms with van der Waals surface area (Å²) in [6, 6.07) is 0.540. The molecule has 4 nitrogen and oxygen atoms in total. The number of rotatable bonds is 4. The number of H-pyrrole nitrogens is 1. The molecule has 1 unspecified atom stereocenters. The van der Waals surface area contributed by atoms with Crippen molar-refractivity contribution in [3.8, 4) is 0 Å². The van der Waals surface area contributed by atoms with Crippen LogP contribution in [-0.4, -0.2) is 35.8 Å². The largest absolute Gasteiger partial charge is 0.380 e. The lowest BCUT2D eigenvalue weighted by Gasteiger charge is -2.22. The molecule has 0 amide bonds. The van der Waals surface area contributed by atoms with Crippen LogP contribution in [-0.2, 0) is 11.2 Å². The van der Waals surface area contributed by atoms with Crippen LogP contribution in [0.5, 0.6) is 0 Å². The number of aromatic nitrogens is 2. The molecule has 1 aromatic heterocycles. The highest BCUT2D eigenvalue weighted by molar-refractivity contribution is 4.87. The minimum absolute atomic E-state index is 0.540. The van der Waals surface area contributed by atoms with Crippen molar-refractivity contribution in [1.29, 1.82) is 0 Å². The summed E-state index contributed by atoms with van der Waals surface area (Å²) in [5, 5.41) is 3.47. The molecule has 14 heavy (non-hydrogen) atoms. The van der Waals surface area contributed by atoms with Gasteiger partial charge < -0.3 is 15.0 Å². The van der Waals surface area contributed by atoms with Crippen LogP contribution >= 0.6 is 0 Å². The van der Waals surface area contributed by atoms with Crippen molar-refractivity contribution in [1.82, 2.24) is 15.3 Å². The first kappa shape index (κ1) is 9.68. The topological polar surface area (TPSA) is 49.9 Å². The van der Waals surface area contributed by atoms with E-state index in [9.17, 15) is 0 Å². The van der Waals surface area contributed by atoms with E-state index in [0.717, 1.165) is 32.0 Å². The fourth-order valence-corrected chi connectivity index (χ4v) is 1.73. The third kappa shape index (κ3) is 2.82. The van der Waals surface area contributed by atoms with Crippen LogP contribution in [0.25, 0.3) is 0 Å². The molecule has 0 radical (unpaired) electrons. The Kier molecular flexibility index (Phi) is 3.54. The molecule has 0 bridgehead atoms. The minimum Gasteiger partial charge on any atom is -0.380 e. The maximum absolute atomic E-state index is 5.38. The average molecular weight is 195 g/mol. The van der Waals surface area contributed by atoms with Crippen LogP contribution in [0.1, 0.15) is 18.7 Å². The van der Waals surface area contributed by atoms with Crippen molar-refractivity contribution in [2.24, 2.45) is 0 Å². The van der Waals surface area contributed by atoms with E-state index in [-0.39, 0.29) is 0 Å². The zero-order chi connectivity index (χ0) is 9.64. The highest BCUT2D eigenvalue weighted by Gasteiger charge is 2.12. The molecule has 1 aromatic rings. The van der Waals surface area contributed by atoms with Gasteiger partial charge in [-0.15, -0.1) is 0 Å². The zero-order valence-electron chi connectivity index (χ0n) is 8.33. The second-order valence-electron chi connectivity index (χ2n) is 3.65. The van der Waals surface area contributed by atoms with Gasteiger partial charge in [-0.3, -0.25) is 0 Å². The van der Waals surface area contributed by atoms with Crippen molar-refractivity contribution in [2.45, 2.75) is 25.3 Å². The van der Waals surface area contributed by atoms with Gasteiger partial charge in [0.2, 0.25) is 0 Å². The monoisotopic (exact) mass is 195 g/mol. The summed E-state index contributed by atoms with van der Waals surface area (Å²) in [7, 11) is 0. The Bertz CT molecular complexity index is 242. The molecule has 1 aliphatic rings. The minimum atomic E-state index is 0.540. The number of aromatic amines is 1. The first-order chi connectivity index (χ1) is 6.95. The normalized spacial score (nSPS) is 22.4. The highest BCUT2D eigenvalue weighted by Crippen LogP contribution is 2.05. The molecule has 0 spiro atoms. The second kappa shape index (κ2) is 5.12. The van der Waals surface area contributed by atoms with Crippen molar-refractivity contribution in [3.05, 3.63) is 18.2 Å². The maximum atomic E-state index is 5.38. The van der Waals surface area contributed by atoms with Gasteiger partial charge in [-0.25, -0.2) is 4.98 Å². The molecular weight excluding hydrogens is 178 g/mol. The first-order valence-corrected chi connectivity index (χ1v) is 5.24. The average Bonchev–Trinajstić information content (AvgIpc) is 2.72. The molecule has 0 saturated carbocycles. The summed E-state index contributed by atoms with van der Waals surface area (Å²) in [5.74, 6) is 1.05. The second-order valence-corrected chi connectivity index (χ2v) is 3.65. The summed E-state index contributed by atoms with van der Waals surface area (Å²) in [4.78, 5) is 7.26. The summed E-state index contributed by atoms with van der Waals surface area (Å²) < 4.78 is 5.38. The predicted octanol–water partition coefficient (Wildman–Crippen LogP) is 0.721. The Balaban J connectivity index is 1.62. The van der Waals surface area contributed by atoms with Crippen LogP contribution in [0.4, 0.5) is 0 Å². The summed E-state index contributed by atoms with van der Waals surface area (Å²) >= 11 is 0. The SMILES string of the molecule is c1c[nH]c(CCNC2CCCOC2)n1. The number of hydrogen-bond acceptors (Lipinski definition) is 3. The number of ether oxygens (including phenoxy) is 1. The van der Waals surface area contributed by atoms with Crippen LogP contribution in [0.15, 0.2) is 12.4 Å². The van der Waals surface area contributed by atoms with Crippen LogP contribution in [0.2, 0.25) is 0 Å². The van der Waals surface area contributed by atoms with E-state index in [4.69, 9.17) is 4.74 Å². The Morgan fingerprint density at radius 1 is 1.64 bits per heavy atom. The number of hydrogen-bond donors (Lipinski definition) is 2. The molecule has 1 fully saturated rings. The van der Waals surface area contributed by atoms with Crippen LogP contribution in [0, 0.1) is 0 Å². The maximum Gasteiger partial charge on any atom is 0.107 e. The highest BCUT2D eigenvalue weighted by atomic mass is 16.5. The quantitative estimate of drug-likeness (QED) is 0.744. The van der Waals surface area contributed by atoms with Crippen molar-refractivity contribution in [2.75, 3.05) is 19.8 Å². The van der Waals surface area contributed by atoms with E-state index in [1.54, 1.807) is 6.20 Å². The molecule has 1 aliphatic heterocycles. The van der Waals surface area contributed by atoms with Gasteiger partial charge in [0, 0.05) is 38.0 Å². The van der Waals surface area contributed by atoms with Crippen molar-refractivity contribution in [3.63, 3.8) is 0 Å². The number of nitrogens with one attached hydrogen (secondary N) is 2. The summed E-state index contributed by atoms with van der Waals surface area (Å²) in [6.45, 7) is 2.76. The smallest absolute Gasteiger partial charge is 0.107 e. The Labute approximate surface area is 84.1 Å². The number of imidazole rings is 1. The zero-order valence-corrected chi connectivity index (χ0v) is 8.33. The van der Waals surface area contributed by atoms with Crippen molar-refractivity contribution < 1.29 is 4.74 Å². The van der Waals surface area contributed by atoms with Gasteiger partial charge in [0.05, 0.1) is 6.61 Å². The van der Waals surface area contributed by atoms with Gasteiger partial charge in [0.25, 0.3) is 0 Å². The van der Waals surface area contributed by atoms with Gasteiger partial charge in [0.1, 0.15) is 5.82 Å². The molecule has 78 valence electrons. The molecule has 2 heterocycles. The van der Waals surface area contributed by atoms with Crippen LogP contribution in [0.3, 0.4) is 0 Å². The summed E-state index contributed by atoms with van der Waals surface area (Å²) in [5.41, 5.74) is 0. The molecule has 4 heteroatoms. The molecule has 2 N–H and O–H groups in total. The Hall–Kier alpha value is -0.870. The fraction of sp³-hybridized carbons (Fsp3) is 0.700. The summed E-state index contributed by atoms with van der Waals surface area (Å²) in [6.07, 6.45) is 7.03. The molecule has 2 rings (SSSR count). The third-order valence-electron chi connectivity index (χ3n) is 2.51. The molecule has 1 saturated heterocycles. The molecule has 0 aromatic carbocycles. The first-order valence-electron chi connectivity index (χ1n) is 5.24. The Morgan fingerprint density at radius 3 is 3.36 bits per heavy atom. The third-order valence-corrected chi connectivity index (χ3v) is 2.51. The Morgan fingerprint density at radius 2 is 2.64 bits per heavy atom. The molecular formula is C10H17N3O. The molecule has 1 atom stereocenters. The standard InChI is InChI=1S/C10H17N3O/c1-2-9(8-14-7-1)11-4-3-10-12-5-6-13-10/h5-6,9,11H,1-4,7-8H2,(H,12,13). The van der Waals surface area contributed by atoms with Gasteiger partial charge in [-0.2, -0.15) is 0 Å². The van der Waals surface area contributed by atoms with Gasteiger partial charge in [-0.05, 0) is 12.8 Å². The van der Waals surface area contributed by atoms with E-state index >= 15 is 0 Å². The fourth-order valence-electron chi connectivity index (χ4n) is 1.73. The van der Waals surface area contributed by atoms with Gasteiger partial charge in [0.15, 0.2) is 0 Å². The van der Waals surface area contributed by atoms with E-state index in [0.29, 0.717) is 6.04 Å². The van der Waals surface area contributed by atoms with Crippen molar-refractivity contribution >= 4 is 0 Å². The predicted molar refractivity (Wildman–Crippen MR) is 54.1 cm³/mol. The van der Waals surface area contributed by atoms with Gasteiger partial charge in [-0.1, -0.05) is 0 Å². The lowest BCUT2D eigenvalue weighted by atomic mass is 10.1. The molecule has 0 aliphatic carbocycles. The van der Waals surface area contributed by atoms with E-state index in [2.05, 4.69) is 15.3 Å². The van der Waals surface area contributed by atoms with E-state index < -0.39 is 0 Å². The van der Waals surface area contributed by atoms with Gasteiger partial charge >= 0.3 is 0 Å². The van der Waals surface area contributed by atoms with Crippen LogP contribution < -0.4 is 5.32 Å². The van der Waals surface area contributed by atoms with E-state index in [1.165, 1.54) is 12.8 Å². The lowest BCUT2D eigenvalue weighted by molar-refractivity contribution is 0.0707. The van der Waals surface area contributed by atoms with E-state index in [1.807, 2.05) is 6.20 Å². The number of nitrogens with zero attached hydrogens (tertiary/aromatic N) is 1.